The van der Waals surface area contributed by atoms with E-state index < -0.39 is 24.1 Å². The topological polar surface area (TPSA) is 46.9 Å². The Hall–Kier alpha value is -2.26. The second-order valence-corrected chi connectivity index (χ2v) is 4.33. The van der Waals surface area contributed by atoms with Crippen molar-refractivity contribution in [2.24, 2.45) is 0 Å². The Bertz CT molecular complexity index is 716. The molecule has 1 aromatic carbocycles. The molecule has 0 aliphatic heterocycles. The Morgan fingerprint density at radius 2 is 1.86 bits per heavy atom. The SMILES string of the molecule is CCn1c(C(F)(F)F)nc2cc(NC(=O)C(F)(F)F)ccc21. The van der Waals surface area contributed by atoms with E-state index in [1.807, 2.05) is 0 Å². The number of alkyl halides is 6. The van der Waals surface area contributed by atoms with Crippen molar-refractivity contribution in [3.63, 3.8) is 0 Å². The molecule has 2 rings (SSSR count). The number of aryl methyl sites for hydroxylation is 1. The first kappa shape index (κ1) is 16.1. The molecule has 1 heterocycles. The normalized spacial score (nSPS) is 12.7. The van der Waals surface area contributed by atoms with Gasteiger partial charge in [-0.15, -0.1) is 0 Å². The van der Waals surface area contributed by atoms with E-state index in [-0.39, 0.29) is 23.3 Å². The quantitative estimate of drug-likeness (QED) is 0.858. The Morgan fingerprint density at radius 1 is 1.23 bits per heavy atom. The summed E-state index contributed by atoms with van der Waals surface area (Å²) in [7, 11) is 0. The van der Waals surface area contributed by atoms with Crippen molar-refractivity contribution in [2.75, 3.05) is 5.32 Å². The zero-order chi connectivity index (χ0) is 16.7. The molecule has 0 fully saturated rings. The minimum Gasteiger partial charge on any atom is -0.321 e. The van der Waals surface area contributed by atoms with E-state index in [1.165, 1.54) is 13.0 Å². The average molecular weight is 325 g/mol. The van der Waals surface area contributed by atoms with Crippen LogP contribution in [0.4, 0.5) is 32.0 Å². The molecule has 0 atom stereocenters. The van der Waals surface area contributed by atoms with Crippen LogP contribution in [0.25, 0.3) is 11.0 Å². The Labute approximate surface area is 119 Å². The average Bonchev–Trinajstić information content (AvgIpc) is 2.75. The standard InChI is InChI=1S/C12H9F6N3O/c1-2-21-8-4-3-6(19-10(22)12(16,17)18)5-7(8)20-9(21)11(13,14)15/h3-5H,2H2,1H3,(H,19,22). The summed E-state index contributed by atoms with van der Waals surface area (Å²) in [6, 6.07) is 3.22. The van der Waals surface area contributed by atoms with Crippen molar-refractivity contribution >= 4 is 22.6 Å². The number of anilines is 1. The molecule has 0 bridgehead atoms. The van der Waals surface area contributed by atoms with Gasteiger partial charge in [-0.1, -0.05) is 0 Å². The summed E-state index contributed by atoms with van der Waals surface area (Å²) in [5.41, 5.74) is -0.335. The first-order valence-electron chi connectivity index (χ1n) is 5.99. The van der Waals surface area contributed by atoms with Crippen LogP contribution >= 0.6 is 0 Å². The molecular weight excluding hydrogens is 316 g/mol. The largest absolute Gasteiger partial charge is 0.471 e. The summed E-state index contributed by atoms with van der Waals surface area (Å²) < 4.78 is 75.9. The van der Waals surface area contributed by atoms with E-state index in [2.05, 4.69) is 4.98 Å². The monoisotopic (exact) mass is 325 g/mol. The number of hydrogen-bond donors (Lipinski definition) is 1. The number of carbonyl (C=O) groups is 1. The maximum atomic E-state index is 12.8. The maximum absolute atomic E-state index is 12.8. The highest BCUT2D eigenvalue weighted by Crippen LogP contribution is 2.32. The third-order valence-corrected chi connectivity index (χ3v) is 2.83. The van der Waals surface area contributed by atoms with E-state index in [1.54, 1.807) is 5.32 Å². The van der Waals surface area contributed by atoms with Crippen molar-refractivity contribution < 1.29 is 31.1 Å². The Kier molecular flexibility index (Phi) is 3.80. The number of halogens is 6. The zero-order valence-corrected chi connectivity index (χ0v) is 11.0. The minimum atomic E-state index is -5.09. The van der Waals surface area contributed by atoms with Gasteiger partial charge in [0.1, 0.15) is 0 Å². The fourth-order valence-electron chi connectivity index (χ4n) is 1.95. The van der Waals surface area contributed by atoms with Gasteiger partial charge in [0.2, 0.25) is 5.82 Å². The summed E-state index contributed by atoms with van der Waals surface area (Å²) in [6.07, 6.45) is -9.78. The summed E-state index contributed by atoms with van der Waals surface area (Å²) in [5, 5.41) is 1.57. The summed E-state index contributed by atoms with van der Waals surface area (Å²) >= 11 is 0. The van der Waals surface area contributed by atoms with E-state index in [4.69, 9.17) is 0 Å². The molecule has 0 radical (unpaired) electrons. The van der Waals surface area contributed by atoms with E-state index in [9.17, 15) is 31.1 Å². The highest BCUT2D eigenvalue weighted by atomic mass is 19.4. The molecule has 0 aliphatic carbocycles. The van der Waals surface area contributed by atoms with Crippen LogP contribution in [-0.4, -0.2) is 21.6 Å². The number of carbonyl (C=O) groups excluding carboxylic acids is 1. The predicted molar refractivity (Wildman–Crippen MR) is 65.1 cm³/mol. The van der Waals surface area contributed by atoms with Gasteiger partial charge >= 0.3 is 18.3 Å². The van der Waals surface area contributed by atoms with Crippen molar-refractivity contribution in [3.8, 4) is 0 Å². The van der Waals surface area contributed by atoms with Gasteiger partial charge in [-0.2, -0.15) is 26.3 Å². The first-order chi connectivity index (χ1) is 10.0. The predicted octanol–water partition coefficient (Wildman–Crippen LogP) is 3.58. The third kappa shape index (κ3) is 3.00. The highest BCUT2D eigenvalue weighted by molar-refractivity contribution is 5.96. The number of amides is 1. The highest BCUT2D eigenvalue weighted by Gasteiger charge is 2.39. The van der Waals surface area contributed by atoms with E-state index in [0.717, 1.165) is 16.7 Å². The summed E-state index contributed by atoms with van der Waals surface area (Å²) in [4.78, 5) is 14.2. The molecule has 0 aliphatic rings. The van der Waals surface area contributed by atoms with Gasteiger partial charge in [-0.25, -0.2) is 4.98 Å². The Balaban J connectivity index is 2.46. The maximum Gasteiger partial charge on any atom is 0.471 e. The number of nitrogens with zero attached hydrogens (tertiary/aromatic N) is 2. The van der Waals surface area contributed by atoms with Crippen molar-refractivity contribution in [3.05, 3.63) is 24.0 Å². The van der Waals surface area contributed by atoms with Gasteiger partial charge in [-0.3, -0.25) is 4.79 Å². The molecule has 10 heteroatoms. The van der Waals surface area contributed by atoms with E-state index in [0.29, 0.717) is 0 Å². The molecule has 1 aromatic heterocycles. The summed E-state index contributed by atoms with van der Waals surface area (Å²) in [6.45, 7) is 1.47. The Morgan fingerprint density at radius 3 is 2.36 bits per heavy atom. The van der Waals surface area contributed by atoms with Gasteiger partial charge < -0.3 is 9.88 Å². The van der Waals surface area contributed by atoms with Gasteiger partial charge in [0.25, 0.3) is 0 Å². The van der Waals surface area contributed by atoms with Crippen LogP contribution < -0.4 is 5.32 Å². The minimum absolute atomic E-state index is 0.0143. The zero-order valence-electron chi connectivity index (χ0n) is 11.0. The number of imidazole rings is 1. The smallest absolute Gasteiger partial charge is 0.321 e. The molecule has 0 spiro atoms. The molecule has 120 valence electrons. The van der Waals surface area contributed by atoms with Crippen LogP contribution in [0.2, 0.25) is 0 Å². The van der Waals surface area contributed by atoms with Crippen LogP contribution in [0.3, 0.4) is 0 Å². The summed E-state index contributed by atoms with van der Waals surface area (Å²) in [5.74, 6) is -3.36. The van der Waals surface area contributed by atoms with Gasteiger partial charge in [-0.05, 0) is 25.1 Å². The lowest BCUT2D eigenvalue weighted by molar-refractivity contribution is -0.167. The molecule has 0 saturated heterocycles. The molecule has 0 saturated carbocycles. The molecule has 22 heavy (non-hydrogen) atoms. The van der Waals surface area contributed by atoms with Crippen molar-refractivity contribution in [2.45, 2.75) is 25.8 Å². The lowest BCUT2D eigenvalue weighted by atomic mass is 10.2. The number of hydrogen-bond acceptors (Lipinski definition) is 2. The van der Waals surface area contributed by atoms with Gasteiger partial charge in [0.05, 0.1) is 11.0 Å². The van der Waals surface area contributed by atoms with E-state index >= 15 is 0 Å². The van der Waals surface area contributed by atoms with Crippen LogP contribution in [0, 0.1) is 0 Å². The fraction of sp³-hybridized carbons (Fsp3) is 0.333. The van der Waals surface area contributed by atoms with Crippen LogP contribution in [-0.2, 0) is 17.5 Å². The van der Waals surface area contributed by atoms with Crippen molar-refractivity contribution in [1.29, 1.82) is 0 Å². The number of aromatic nitrogens is 2. The fourth-order valence-corrected chi connectivity index (χ4v) is 1.95. The molecule has 1 N–H and O–H groups in total. The molecule has 2 aromatic rings. The third-order valence-electron chi connectivity index (χ3n) is 2.83. The van der Waals surface area contributed by atoms with Crippen molar-refractivity contribution in [1.82, 2.24) is 9.55 Å². The number of fused-ring (bicyclic) bond motifs is 1. The second kappa shape index (κ2) is 5.18. The second-order valence-electron chi connectivity index (χ2n) is 4.33. The number of benzene rings is 1. The first-order valence-corrected chi connectivity index (χ1v) is 5.99. The molecule has 0 unspecified atom stereocenters. The molecule has 4 nitrogen and oxygen atoms in total. The van der Waals surface area contributed by atoms with Gasteiger partial charge in [0.15, 0.2) is 0 Å². The lowest BCUT2D eigenvalue weighted by Gasteiger charge is -2.09. The van der Waals surface area contributed by atoms with Crippen LogP contribution in [0.5, 0.6) is 0 Å². The van der Waals surface area contributed by atoms with Crippen LogP contribution in [0.1, 0.15) is 12.7 Å². The molecule has 1 amide bonds. The number of rotatable bonds is 2. The van der Waals surface area contributed by atoms with Gasteiger partial charge in [0, 0.05) is 12.2 Å². The lowest BCUT2D eigenvalue weighted by Crippen LogP contribution is -2.29. The number of nitrogens with one attached hydrogen (secondary N) is 1. The molecular formula is C12H9F6N3O. The van der Waals surface area contributed by atoms with Crippen LogP contribution in [0.15, 0.2) is 18.2 Å².